The van der Waals surface area contributed by atoms with Gasteiger partial charge in [-0.3, -0.25) is 9.59 Å². The number of hydrogen-bond donors (Lipinski definition) is 0. The van der Waals surface area contributed by atoms with E-state index in [2.05, 4.69) is 0 Å². The molecule has 0 aliphatic carbocycles. The van der Waals surface area contributed by atoms with Gasteiger partial charge in [-0.15, -0.1) is 24.3 Å². The number of benzene rings is 2. The minimum atomic E-state index is -5.17. The van der Waals surface area contributed by atoms with Gasteiger partial charge in [0.15, 0.2) is 0 Å². The molecule has 0 radical (unpaired) electrons. The predicted octanol–water partition coefficient (Wildman–Crippen LogP) is 7.83. The molecule has 4 aromatic rings. The van der Waals surface area contributed by atoms with Gasteiger partial charge in [0, 0.05) is 23.3 Å². The van der Waals surface area contributed by atoms with Crippen LogP contribution in [0.25, 0.3) is 0 Å². The molecule has 13 heteroatoms. The minimum Gasteiger partial charge on any atom is -0.299 e. The van der Waals surface area contributed by atoms with E-state index in [0.717, 1.165) is 0 Å². The monoisotopic (exact) mass is 596 g/mol. The van der Waals surface area contributed by atoms with Crippen molar-refractivity contribution in [3.05, 3.63) is 131 Å². The van der Waals surface area contributed by atoms with Gasteiger partial charge in [-0.2, -0.15) is 74.9 Å². The van der Waals surface area contributed by atoms with Crippen LogP contribution in [0, 0.1) is 35.4 Å². The first-order valence-corrected chi connectivity index (χ1v) is 9.95. The van der Waals surface area contributed by atoms with E-state index < -0.39 is 58.3 Å². The fraction of sp³-hybridized carbons (Fsp3) is 0.0769. The summed E-state index contributed by atoms with van der Waals surface area (Å²) in [5.74, 6) is -10.3. The van der Waals surface area contributed by atoms with Gasteiger partial charge in [-0.1, -0.05) is 0 Å². The molecule has 0 saturated carbocycles. The van der Waals surface area contributed by atoms with E-state index in [4.69, 9.17) is 0 Å². The second-order valence-electron chi connectivity index (χ2n) is 6.65. The van der Waals surface area contributed by atoms with Crippen molar-refractivity contribution in [2.75, 3.05) is 0 Å². The first kappa shape index (κ1) is 35.5. The molecule has 4 rings (SSSR count). The van der Waals surface area contributed by atoms with Gasteiger partial charge in [0.05, 0.1) is 0 Å². The van der Waals surface area contributed by atoms with Crippen molar-refractivity contribution < 1.29 is 75.2 Å². The molecule has 0 amide bonds. The third kappa shape index (κ3) is 13.2. The zero-order valence-electron chi connectivity index (χ0n) is 19.2. The normalized spacial score (nSPS) is 10.3. The number of alkyl halides is 6. The first-order valence-electron chi connectivity index (χ1n) is 9.95. The van der Waals surface area contributed by atoms with E-state index in [0.29, 0.717) is 24.3 Å². The van der Waals surface area contributed by atoms with E-state index in [9.17, 15) is 53.5 Å². The summed E-state index contributed by atoms with van der Waals surface area (Å²) in [6, 6.07) is 24.6. The second kappa shape index (κ2) is 16.5. The second-order valence-corrected chi connectivity index (χ2v) is 6.65. The summed E-state index contributed by atoms with van der Waals surface area (Å²) in [5.41, 5.74) is -2.47. The van der Waals surface area contributed by atoms with Crippen LogP contribution in [0.1, 0.15) is 20.7 Å². The van der Waals surface area contributed by atoms with Crippen molar-refractivity contribution in [2.24, 2.45) is 0 Å². The Bertz CT molecular complexity index is 1130. The Morgan fingerprint density at radius 1 is 0.564 bits per heavy atom. The Kier molecular flexibility index (Phi) is 15.0. The molecule has 0 saturated heterocycles. The largest absolute Gasteiger partial charge is 4.00 e. The van der Waals surface area contributed by atoms with Gasteiger partial charge >= 0.3 is 34.1 Å². The number of halogens is 10. The average molecular weight is 596 g/mol. The van der Waals surface area contributed by atoms with E-state index in [1.54, 1.807) is 0 Å². The van der Waals surface area contributed by atoms with Gasteiger partial charge in [0.1, 0.15) is 0 Å². The summed E-state index contributed by atoms with van der Waals surface area (Å²) in [6.07, 6.45) is -10.3. The van der Waals surface area contributed by atoms with Crippen molar-refractivity contribution in [3.63, 3.8) is 0 Å². The summed E-state index contributed by atoms with van der Waals surface area (Å²) in [5, 5.41) is 0. The number of ketones is 2. The third-order valence-corrected chi connectivity index (χ3v) is 3.84. The smallest absolute Gasteiger partial charge is 0.299 e. The summed E-state index contributed by atoms with van der Waals surface area (Å²) in [6.45, 7) is 0. The fourth-order valence-electron chi connectivity index (χ4n) is 2.18. The van der Waals surface area contributed by atoms with Crippen molar-refractivity contribution in [3.8, 4) is 0 Å². The fourth-order valence-corrected chi connectivity index (χ4v) is 2.18. The van der Waals surface area contributed by atoms with Crippen LogP contribution in [0.4, 0.5) is 43.9 Å². The molecule has 0 atom stereocenters. The number of carbonyl (C=O) groups is 2. The number of carbonyl (C=O) groups excluding carboxylic acids is 2. The average Bonchev–Trinajstić information content (AvgIpc) is 3.57. The zero-order chi connectivity index (χ0) is 28.9. The molecular weight excluding hydrogens is 582 g/mol. The molecule has 2 nitrogen and oxygen atoms in total. The molecular formula is C26H14F10O2Ti. The Morgan fingerprint density at radius 3 is 1.03 bits per heavy atom. The Balaban J connectivity index is 0.000000537. The minimum absolute atomic E-state index is 0. The maximum absolute atomic E-state index is 12.6. The zero-order valence-corrected chi connectivity index (χ0v) is 20.7. The molecule has 0 bridgehead atoms. The van der Waals surface area contributed by atoms with Gasteiger partial charge in [0.25, 0.3) is 0 Å². The van der Waals surface area contributed by atoms with Crippen LogP contribution < -0.4 is 0 Å². The van der Waals surface area contributed by atoms with Crippen molar-refractivity contribution >= 4 is 11.6 Å². The maximum atomic E-state index is 12.6. The van der Waals surface area contributed by atoms with E-state index >= 15 is 0 Å². The van der Waals surface area contributed by atoms with Crippen LogP contribution in [-0.4, -0.2) is 23.9 Å². The predicted molar refractivity (Wildman–Crippen MR) is 115 cm³/mol. The molecule has 0 spiro atoms. The third-order valence-electron chi connectivity index (χ3n) is 3.84. The molecule has 0 fully saturated rings. The molecule has 39 heavy (non-hydrogen) atoms. The Labute approximate surface area is 230 Å². The molecule has 0 aliphatic rings. The quantitative estimate of drug-likeness (QED) is 0.102. The SMILES string of the molecule is O=C(c1ccc(F)[c-]c1F)C(F)(F)F.O=C(c1ccc(F)[c-]c1F)C(F)(F)F.[Ti+4].c1cc[cH-]c1.c1cc[cH-]c1. The van der Waals surface area contributed by atoms with Crippen LogP contribution in [0.5, 0.6) is 0 Å². The number of hydrogen-bond acceptors (Lipinski definition) is 2. The molecule has 0 heterocycles. The van der Waals surface area contributed by atoms with Crippen LogP contribution in [0.3, 0.4) is 0 Å². The summed E-state index contributed by atoms with van der Waals surface area (Å²) in [4.78, 5) is 21.0. The Hall–Kier alpha value is -3.51. The molecule has 0 N–H and O–H groups in total. The van der Waals surface area contributed by atoms with E-state index in [-0.39, 0.29) is 21.7 Å². The van der Waals surface area contributed by atoms with E-state index in [1.165, 1.54) is 12.1 Å². The summed E-state index contributed by atoms with van der Waals surface area (Å²) in [7, 11) is 0. The number of Topliss-reactive ketones (excluding diaryl/α,β-unsaturated/α-hetero) is 2. The Morgan fingerprint density at radius 2 is 0.846 bits per heavy atom. The summed E-state index contributed by atoms with van der Waals surface area (Å²) >= 11 is 0. The van der Waals surface area contributed by atoms with Gasteiger partial charge in [-0.05, 0) is 11.1 Å². The van der Waals surface area contributed by atoms with Gasteiger partial charge in [-0.25, -0.2) is 41.8 Å². The van der Waals surface area contributed by atoms with Crippen LogP contribution >= 0.6 is 0 Å². The van der Waals surface area contributed by atoms with Gasteiger partial charge < -0.3 is 0 Å². The van der Waals surface area contributed by atoms with Crippen LogP contribution in [0.15, 0.2) is 84.9 Å². The maximum Gasteiger partial charge on any atom is 4.00 e. The van der Waals surface area contributed by atoms with Crippen molar-refractivity contribution in [1.82, 2.24) is 0 Å². The molecule has 0 unspecified atom stereocenters. The standard InChI is InChI=1S/2C8H2F5O.2C5H5.Ti/c2*9-4-1-2-5(6(10)3-4)7(14)8(11,12)13;2*1-2-4-5-3-1;/h2*1-2H;2*1-5H;/q4*-1;+4. The van der Waals surface area contributed by atoms with Crippen molar-refractivity contribution in [2.45, 2.75) is 12.4 Å². The van der Waals surface area contributed by atoms with Crippen LogP contribution in [-0.2, 0) is 21.7 Å². The van der Waals surface area contributed by atoms with Crippen molar-refractivity contribution in [1.29, 1.82) is 0 Å². The van der Waals surface area contributed by atoms with Gasteiger partial charge in [0.2, 0.25) is 11.6 Å². The molecule has 204 valence electrons. The molecule has 0 aliphatic heterocycles. The molecule has 4 aromatic carbocycles. The summed E-state index contributed by atoms with van der Waals surface area (Å²) < 4.78 is 120. The molecule has 0 aromatic heterocycles. The number of rotatable bonds is 2. The topological polar surface area (TPSA) is 34.1 Å². The van der Waals surface area contributed by atoms with Crippen LogP contribution in [0.2, 0.25) is 0 Å². The first-order chi connectivity index (χ1) is 17.6. The van der Waals surface area contributed by atoms with E-state index in [1.807, 2.05) is 60.7 Å².